The van der Waals surface area contributed by atoms with Gasteiger partial charge in [-0.1, -0.05) is 51.1 Å². The van der Waals surface area contributed by atoms with E-state index in [1.165, 1.54) is 0 Å². The van der Waals surface area contributed by atoms with E-state index < -0.39 is 23.5 Å². The molecule has 0 fully saturated rings. The summed E-state index contributed by atoms with van der Waals surface area (Å²) in [6.07, 6.45) is -0.670. The highest BCUT2D eigenvalue weighted by Crippen LogP contribution is 2.19. The zero-order chi connectivity index (χ0) is 16.6. The van der Waals surface area contributed by atoms with Crippen molar-refractivity contribution in [3.05, 3.63) is 35.9 Å². The summed E-state index contributed by atoms with van der Waals surface area (Å²) in [7, 11) is 0. The van der Waals surface area contributed by atoms with Gasteiger partial charge < -0.3 is 15.4 Å². The lowest BCUT2D eigenvalue weighted by Crippen LogP contribution is -2.53. The molecule has 1 atom stereocenters. The van der Waals surface area contributed by atoms with Crippen LogP contribution in [0.3, 0.4) is 0 Å². The molecule has 2 N–H and O–H groups in total. The van der Waals surface area contributed by atoms with E-state index in [0.29, 0.717) is 0 Å². The first-order valence-corrected chi connectivity index (χ1v) is 6.96. The van der Waals surface area contributed by atoms with Gasteiger partial charge >= 0.3 is 6.09 Å². The Balaban J connectivity index is 2.60. The van der Waals surface area contributed by atoms with Gasteiger partial charge in [0.2, 0.25) is 5.91 Å². The minimum absolute atomic E-state index is 0.105. The lowest BCUT2D eigenvalue weighted by atomic mass is 9.86. The highest BCUT2D eigenvalue weighted by Gasteiger charge is 2.33. The highest BCUT2D eigenvalue weighted by atomic mass is 16.5. The van der Waals surface area contributed by atoms with Gasteiger partial charge in [-0.2, -0.15) is 5.26 Å². The first kappa shape index (κ1) is 17.5. The molecule has 0 aliphatic heterocycles. The van der Waals surface area contributed by atoms with Crippen molar-refractivity contribution < 1.29 is 14.3 Å². The van der Waals surface area contributed by atoms with E-state index in [4.69, 9.17) is 10.00 Å². The molecule has 0 unspecified atom stereocenters. The van der Waals surface area contributed by atoms with Gasteiger partial charge in [0.1, 0.15) is 19.2 Å². The maximum atomic E-state index is 12.0. The summed E-state index contributed by atoms with van der Waals surface area (Å²) < 4.78 is 5.11. The van der Waals surface area contributed by atoms with Crippen LogP contribution in [0.25, 0.3) is 0 Å². The Morgan fingerprint density at radius 3 is 2.45 bits per heavy atom. The first-order chi connectivity index (χ1) is 10.3. The van der Waals surface area contributed by atoms with Crippen molar-refractivity contribution in [1.82, 2.24) is 10.6 Å². The fourth-order valence-corrected chi connectivity index (χ4v) is 1.79. The standard InChI is InChI=1S/C16H21N3O3/c1-16(2,3)13(14(20)18-10-9-17)19-15(21)22-11-12-7-5-4-6-8-12/h4-8,13H,10-11H2,1-3H3,(H,18,20)(H,19,21)/t13-/m0/s1. The molecule has 0 bridgehead atoms. The van der Waals surface area contributed by atoms with E-state index in [0.717, 1.165) is 5.56 Å². The van der Waals surface area contributed by atoms with Crippen LogP contribution in [0, 0.1) is 16.7 Å². The smallest absolute Gasteiger partial charge is 0.408 e. The molecule has 1 aromatic carbocycles. The van der Waals surface area contributed by atoms with E-state index in [-0.39, 0.29) is 13.2 Å². The average Bonchev–Trinajstić information content (AvgIpc) is 2.48. The summed E-state index contributed by atoms with van der Waals surface area (Å²) in [6, 6.07) is 10.3. The molecule has 1 rings (SSSR count). The Kier molecular flexibility index (Phi) is 6.39. The van der Waals surface area contributed by atoms with Crippen LogP contribution in [0.2, 0.25) is 0 Å². The van der Waals surface area contributed by atoms with Crippen molar-refractivity contribution in [2.75, 3.05) is 6.54 Å². The van der Waals surface area contributed by atoms with Gasteiger partial charge in [-0.3, -0.25) is 4.79 Å². The number of nitrogens with zero attached hydrogens (tertiary/aromatic N) is 1. The molecule has 0 aromatic heterocycles. The number of carbonyl (C=O) groups excluding carboxylic acids is 2. The van der Waals surface area contributed by atoms with E-state index in [9.17, 15) is 9.59 Å². The summed E-state index contributed by atoms with van der Waals surface area (Å²) in [6.45, 7) is 5.48. The van der Waals surface area contributed by atoms with Crippen molar-refractivity contribution in [3.8, 4) is 6.07 Å². The van der Waals surface area contributed by atoms with Gasteiger partial charge in [0, 0.05) is 0 Å². The largest absolute Gasteiger partial charge is 0.445 e. The van der Waals surface area contributed by atoms with Crippen LogP contribution in [0.5, 0.6) is 0 Å². The van der Waals surface area contributed by atoms with Crippen molar-refractivity contribution in [2.45, 2.75) is 33.4 Å². The second-order valence-corrected chi connectivity index (χ2v) is 5.88. The lowest BCUT2D eigenvalue weighted by Gasteiger charge is -2.29. The van der Waals surface area contributed by atoms with Gasteiger partial charge in [0.15, 0.2) is 0 Å². The average molecular weight is 303 g/mol. The molecule has 0 saturated heterocycles. The molecule has 6 nitrogen and oxygen atoms in total. The molecule has 0 radical (unpaired) electrons. The zero-order valence-electron chi connectivity index (χ0n) is 13.1. The Morgan fingerprint density at radius 1 is 1.27 bits per heavy atom. The van der Waals surface area contributed by atoms with Crippen LogP contribution in [0.15, 0.2) is 30.3 Å². The maximum Gasteiger partial charge on any atom is 0.408 e. The predicted molar refractivity (Wildman–Crippen MR) is 81.6 cm³/mol. The number of amides is 2. The monoisotopic (exact) mass is 303 g/mol. The van der Waals surface area contributed by atoms with Crippen LogP contribution in [-0.2, 0) is 16.1 Å². The Bertz CT molecular complexity index is 544. The lowest BCUT2D eigenvalue weighted by molar-refractivity contribution is -0.125. The molecule has 6 heteroatoms. The molecule has 0 saturated carbocycles. The minimum atomic E-state index is -0.788. The summed E-state index contributed by atoms with van der Waals surface area (Å²) >= 11 is 0. The Morgan fingerprint density at radius 2 is 1.91 bits per heavy atom. The fourth-order valence-electron chi connectivity index (χ4n) is 1.79. The van der Waals surface area contributed by atoms with Crippen LogP contribution >= 0.6 is 0 Å². The number of nitrogens with one attached hydrogen (secondary N) is 2. The number of ether oxygens (including phenoxy) is 1. The van der Waals surface area contributed by atoms with Crippen LogP contribution in [0.1, 0.15) is 26.3 Å². The van der Waals surface area contributed by atoms with E-state index in [1.807, 2.05) is 57.2 Å². The number of carbonyl (C=O) groups is 2. The molecule has 118 valence electrons. The molecule has 2 amide bonds. The minimum Gasteiger partial charge on any atom is -0.445 e. The summed E-state index contributed by atoms with van der Waals surface area (Å²) in [5.41, 5.74) is 0.351. The topological polar surface area (TPSA) is 91.2 Å². The molecular formula is C16H21N3O3. The molecule has 0 heterocycles. The van der Waals surface area contributed by atoms with Gasteiger partial charge in [-0.05, 0) is 11.0 Å². The van der Waals surface area contributed by atoms with E-state index >= 15 is 0 Å². The van der Waals surface area contributed by atoms with Crippen LogP contribution < -0.4 is 10.6 Å². The molecule has 0 aliphatic carbocycles. The van der Waals surface area contributed by atoms with Crippen molar-refractivity contribution in [3.63, 3.8) is 0 Å². The van der Waals surface area contributed by atoms with Gasteiger partial charge in [0.05, 0.1) is 6.07 Å². The van der Waals surface area contributed by atoms with E-state index in [1.54, 1.807) is 0 Å². The van der Waals surface area contributed by atoms with Gasteiger partial charge in [-0.15, -0.1) is 0 Å². The third-order valence-electron chi connectivity index (χ3n) is 2.94. The number of rotatable bonds is 5. The third kappa shape index (κ3) is 5.83. The highest BCUT2D eigenvalue weighted by molar-refractivity contribution is 5.86. The van der Waals surface area contributed by atoms with Crippen molar-refractivity contribution >= 4 is 12.0 Å². The fraction of sp³-hybridized carbons (Fsp3) is 0.438. The SMILES string of the molecule is CC(C)(C)[C@@H](NC(=O)OCc1ccccc1)C(=O)NCC#N. The normalized spacial score (nSPS) is 11.9. The third-order valence-corrected chi connectivity index (χ3v) is 2.94. The second-order valence-electron chi connectivity index (χ2n) is 5.88. The quantitative estimate of drug-likeness (QED) is 0.814. The Hall–Kier alpha value is -2.55. The molecule has 22 heavy (non-hydrogen) atoms. The molecule has 1 aromatic rings. The molecule has 0 spiro atoms. The predicted octanol–water partition coefficient (Wildman–Crippen LogP) is 1.97. The number of nitriles is 1. The van der Waals surface area contributed by atoms with E-state index in [2.05, 4.69) is 10.6 Å². The molecular weight excluding hydrogens is 282 g/mol. The van der Waals surface area contributed by atoms with Crippen molar-refractivity contribution in [2.24, 2.45) is 5.41 Å². The van der Waals surface area contributed by atoms with Crippen LogP contribution in [-0.4, -0.2) is 24.6 Å². The zero-order valence-corrected chi connectivity index (χ0v) is 13.1. The van der Waals surface area contributed by atoms with Crippen molar-refractivity contribution in [1.29, 1.82) is 5.26 Å². The summed E-state index contributed by atoms with van der Waals surface area (Å²) in [4.78, 5) is 23.9. The number of benzene rings is 1. The number of hydrogen-bond acceptors (Lipinski definition) is 4. The number of alkyl carbamates (subject to hydrolysis) is 1. The number of hydrogen-bond donors (Lipinski definition) is 2. The maximum absolute atomic E-state index is 12.0. The van der Waals surface area contributed by atoms with Gasteiger partial charge in [0.25, 0.3) is 0 Å². The second kappa shape index (κ2) is 8.03. The van der Waals surface area contributed by atoms with Gasteiger partial charge in [-0.25, -0.2) is 4.79 Å². The summed E-state index contributed by atoms with van der Waals surface area (Å²) in [5, 5.41) is 13.5. The molecule has 0 aliphatic rings. The van der Waals surface area contributed by atoms with Crippen LogP contribution in [0.4, 0.5) is 4.79 Å². The Labute approximate surface area is 130 Å². The first-order valence-electron chi connectivity index (χ1n) is 6.96. The summed E-state index contributed by atoms with van der Waals surface area (Å²) in [5.74, 6) is -0.411.